The van der Waals surface area contributed by atoms with E-state index in [1.54, 1.807) is 30.3 Å². The van der Waals surface area contributed by atoms with Gasteiger partial charge in [0.1, 0.15) is 0 Å². The van der Waals surface area contributed by atoms with Crippen molar-refractivity contribution in [2.45, 2.75) is 62.2 Å². The normalized spacial score (nSPS) is 24.0. The fraction of sp³-hybridized carbons (Fsp3) is 0.455. The molecule has 2 aromatic rings. The maximum Gasteiger partial charge on any atom is 0.416 e. The van der Waals surface area contributed by atoms with Gasteiger partial charge >= 0.3 is 6.18 Å². The Bertz CT molecular complexity index is 972. The summed E-state index contributed by atoms with van der Waals surface area (Å²) in [4.78, 5) is 0.196. The van der Waals surface area contributed by atoms with Crippen molar-refractivity contribution in [1.82, 2.24) is 5.32 Å². The molecular formula is C22H26F3NO2S. The molecule has 0 saturated carbocycles. The summed E-state index contributed by atoms with van der Waals surface area (Å²) in [6, 6.07) is 11.1. The average Bonchev–Trinajstić information content (AvgIpc) is 2.79. The number of halogens is 3. The molecule has 0 bridgehead atoms. The SMILES string of the molecule is CCCC[C@@]1(CC)CS(=O)(=O)c2ccccc2[C@H](c2cccc(C(F)(F)F)c2)N1. The van der Waals surface area contributed by atoms with Crippen molar-refractivity contribution < 1.29 is 21.6 Å². The third-order valence-electron chi connectivity index (χ3n) is 5.71. The molecular weight excluding hydrogens is 399 g/mol. The smallest absolute Gasteiger partial charge is 0.300 e. The molecule has 2 aromatic carbocycles. The van der Waals surface area contributed by atoms with Crippen molar-refractivity contribution in [3.8, 4) is 0 Å². The Balaban J connectivity index is 2.20. The van der Waals surface area contributed by atoms with Crippen molar-refractivity contribution in [1.29, 1.82) is 0 Å². The lowest BCUT2D eigenvalue weighted by atomic mass is 9.87. The summed E-state index contributed by atoms with van der Waals surface area (Å²) < 4.78 is 66.3. The van der Waals surface area contributed by atoms with Gasteiger partial charge in [-0.25, -0.2) is 8.42 Å². The minimum atomic E-state index is -4.46. The van der Waals surface area contributed by atoms with E-state index in [0.29, 0.717) is 24.0 Å². The molecule has 1 aliphatic rings. The van der Waals surface area contributed by atoms with E-state index in [4.69, 9.17) is 0 Å². The standard InChI is InChI=1S/C22H26F3NO2S/c1-3-5-13-21(4-2)15-29(27,28)19-12-7-6-11-18(19)20(26-21)16-9-8-10-17(14-16)22(23,24)25/h6-12,14,20,26H,3-5,13,15H2,1-2H3/t20-,21-/m0/s1. The molecule has 0 spiro atoms. The molecule has 1 heterocycles. The molecule has 29 heavy (non-hydrogen) atoms. The van der Waals surface area contributed by atoms with Gasteiger partial charge in [0.2, 0.25) is 0 Å². The number of hydrogen-bond donors (Lipinski definition) is 1. The van der Waals surface area contributed by atoms with Crippen LogP contribution in [-0.4, -0.2) is 19.7 Å². The van der Waals surface area contributed by atoms with E-state index in [9.17, 15) is 21.6 Å². The van der Waals surface area contributed by atoms with E-state index in [1.807, 2.05) is 13.8 Å². The number of hydrogen-bond acceptors (Lipinski definition) is 3. The van der Waals surface area contributed by atoms with Crippen LogP contribution in [0.2, 0.25) is 0 Å². The van der Waals surface area contributed by atoms with Crippen LogP contribution in [0, 0.1) is 0 Å². The molecule has 7 heteroatoms. The summed E-state index contributed by atoms with van der Waals surface area (Å²) in [5.41, 5.74) is -0.526. The predicted octanol–water partition coefficient (Wildman–Crippen LogP) is 5.51. The number of alkyl halides is 3. The lowest BCUT2D eigenvalue weighted by Crippen LogP contribution is -2.50. The highest BCUT2D eigenvalue weighted by Gasteiger charge is 2.42. The first-order chi connectivity index (χ1) is 13.6. The van der Waals surface area contributed by atoms with Crippen LogP contribution in [0.1, 0.15) is 62.3 Å². The first-order valence-electron chi connectivity index (χ1n) is 9.88. The number of rotatable bonds is 5. The first-order valence-corrected chi connectivity index (χ1v) is 11.5. The zero-order chi connectivity index (χ0) is 21.3. The van der Waals surface area contributed by atoms with E-state index >= 15 is 0 Å². The largest absolute Gasteiger partial charge is 0.416 e. The second-order valence-electron chi connectivity index (χ2n) is 7.73. The predicted molar refractivity (Wildman–Crippen MR) is 107 cm³/mol. The van der Waals surface area contributed by atoms with E-state index in [-0.39, 0.29) is 10.6 Å². The average molecular weight is 426 g/mol. The Morgan fingerprint density at radius 3 is 2.48 bits per heavy atom. The van der Waals surface area contributed by atoms with E-state index in [1.165, 1.54) is 6.07 Å². The van der Waals surface area contributed by atoms with Gasteiger partial charge in [0.15, 0.2) is 9.84 Å². The molecule has 158 valence electrons. The van der Waals surface area contributed by atoms with Gasteiger partial charge in [0, 0.05) is 5.54 Å². The maximum atomic E-state index is 13.3. The molecule has 3 rings (SSSR count). The molecule has 0 fully saturated rings. The van der Waals surface area contributed by atoms with Crippen molar-refractivity contribution in [3.05, 3.63) is 65.2 Å². The monoisotopic (exact) mass is 425 g/mol. The Labute approximate surface area is 170 Å². The maximum absolute atomic E-state index is 13.3. The summed E-state index contributed by atoms with van der Waals surface area (Å²) in [5.74, 6) is -0.0665. The molecule has 1 N–H and O–H groups in total. The first kappa shape index (κ1) is 21.8. The van der Waals surface area contributed by atoms with Crippen LogP contribution in [0.15, 0.2) is 53.4 Å². The number of sulfone groups is 1. The van der Waals surface area contributed by atoms with Crippen LogP contribution in [-0.2, 0) is 16.0 Å². The lowest BCUT2D eigenvalue weighted by molar-refractivity contribution is -0.137. The van der Waals surface area contributed by atoms with Crippen molar-refractivity contribution >= 4 is 9.84 Å². The fourth-order valence-electron chi connectivity index (χ4n) is 4.07. The summed E-state index contributed by atoms with van der Waals surface area (Å²) in [6.07, 6.45) is -1.51. The Morgan fingerprint density at radius 1 is 1.10 bits per heavy atom. The lowest BCUT2D eigenvalue weighted by Gasteiger charge is -2.36. The van der Waals surface area contributed by atoms with Crippen molar-refractivity contribution in [3.63, 3.8) is 0 Å². The third kappa shape index (κ3) is 4.51. The van der Waals surface area contributed by atoms with E-state index < -0.39 is 33.2 Å². The molecule has 3 nitrogen and oxygen atoms in total. The van der Waals surface area contributed by atoms with Crippen LogP contribution in [0.4, 0.5) is 13.2 Å². The molecule has 0 saturated heterocycles. The fourth-order valence-corrected chi connectivity index (χ4v) is 6.21. The Kier molecular flexibility index (Phi) is 6.11. The number of nitrogens with one attached hydrogen (secondary N) is 1. The second-order valence-corrected chi connectivity index (χ2v) is 9.69. The molecule has 2 atom stereocenters. The van der Waals surface area contributed by atoms with Crippen molar-refractivity contribution in [2.24, 2.45) is 0 Å². The van der Waals surface area contributed by atoms with E-state index in [0.717, 1.165) is 25.0 Å². The van der Waals surface area contributed by atoms with Gasteiger partial charge in [0.05, 0.1) is 22.3 Å². The molecule has 0 aliphatic carbocycles. The summed E-state index contributed by atoms with van der Waals surface area (Å²) >= 11 is 0. The highest BCUT2D eigenvalue weighted by molar-refractivity contribution is 7.91. The van der Waals surface area contributed by atoms with Gasteiger partial charge in [0.25, 0.3) is 0 Å². The molecule has 0 aromatic heterocycles. The Hall–Kier alpha value is -1.86. The van der Waals surface area contributed by atoms with Gasteiger partial charge in [-0.05, 0) is 42.2 Å². The quantitative estimate of drug-likeness (QED) is 0.687. The Morgan fingerprint density at radius 2 is 1.83 bits per heavy atom. The summed E-state index contributed by atoms with van der Waals surface area (Å²) in [5, 5.41) is 3.47. The van der Waals surface area contributed by atoms with Crippen LogP contribution >= 0.6 is 0 Å². The van der Waals surface area contributed by atoms with Crippen LogP contribution < -0.4 is 5.32 Å². The van der Waals surface area contributed by atoms with Gasteiger partial charge in [-0.15, -0.1) is 0 Å². The minimum absolute atomic E-state index is 0.0665. The summed E-state index contributed by atoms with van der Waals surface area (Å²) in [6.45, 7) is 3.96. The molecule has 0 unspecified atom stereocenters. The second kappa shape index (κ2) is 8.11. The van der Waals surface area contributed by atoms with Gasteiger partial charge in [-0.1, -0.05) is 57.0 Å². The number of fused-ring (bicyclic) bond motifs is 1. The molecule has 0 amide bonds. The summed E-state index contributed by atoms with van der Waals surface area (Å²) in [7, 11) is -3.59. The van der Waals surface area contributed by atoms with Crippen molar-refractivity contribution in [2.75, 3.05) is 5.75 Å². The van der Waals surface area contributed by atoms with Gasteiger partial charge in [-0.2, -0.15) is 13.2 Å². The number of unbranched alkanes of at least 4 members (excludes halogenated alkanes) is 1. The zero-order valence-corrected chi connectivity index (χ0v) is 17.4. The molecule has 0 radical (unpaired) electrons. The highest BCUT2D eigenvalue weighted by atomic mass is 32.2. The third-order valence-corrected chi connectivity index (χ3v) is 7.69. The van der Waals surface area contributed by atoms with Crippen LogP contribution in [0.3, 0.4) is 0 Å². The van der Waals surface area contributed by atoms with Crippen LogP contribution in [0.5, 0.6) is 0 Å². The number of benzene rings is 2. The highest BCUT2D eigenvalue weighted by Crippen LogP contribution is 2.39. The topological polar surface area (TPSA) is 46.2 Å². The van der Waals surface area contributed by atoms with Gasteiger partial charge < -0.3 is 0 Å². The van der Waals surface area contributed by atoms with E-state index in [2.05, 4.69) is 5.32 Å². The zero-order valence-electron chi connectivity index (χ0n) is 16.6. The van der Waals surface area contributed by atoms with Gasteiger partial charge in [-0.3, -0.25) is 5.32 Å². The van der Waals surface area contributed by atoms with Crippen LogP contribution in [0.25, 0.3) is 0 Å². The molecule has 1 aliphatic heterocycles. The minimum Gasteiger partial charge on any atom is -0.300 e.